The molecule has 1 aromatic rings. The summed E-state index contributed by atoms with van der Waals surface area (Å²) in [6.45, 7) is 0. The third kappa shape index (κ3) is 1.73. The second-order valence-corrected chi connectivity index (χ2v) is 2.03. The molecule has 0 spiro atoms. The van der Waals surface area contributed by atoms with Crippen molar-refractivity contribution in [3.05, 3.63) is 29.7 Å². The number of rotatable bonds is 2. The van der Waals surface area contributed by atoms with Crippen molar-refractivity contribution in [3.63, 3.8) is 0 Å². The van der Waals surface area contributed by atoms with Gasteiger partial charge in [-0.2, -0.15) is 5.26 Å². The summed E-state index contributed by atoms with van der Waals surface area (Å²) in [7, 11) is 0. The maximum absolute atomic E-state index is 10.3. The second kappa shape index (κ2) is 3.39. The highest BCUT2D eigenvalue weighted by atomic mass is 16.4. The minimum atomic E-state index is -1.24. The minimum Gasteiger partial charge on any atom is -0.477 e. The van der Waals surface area contributed by atoms with E-state index in [9.17, 15) is 4.79 Å². The number of carboxylic acid groups (broad SMARTS) is 1. The van der Waals surface area contributed by atoms with Gasteiger partial charge < -0.3 is 9.52 Å². The molecule has 0 unspecified atom stereocenters. The van der Waals surface area contributed by atoms with Crippen LogP contribution in [0.2, 0.25) is 0 Å². The predicted molar refractivity (Wildman–Crippen MR) is 39.9 cm³/mol. The fourth-order valence-corrected chi connectivity index (χ4v) is 0.666. The maximum atomic E-state index is 10.3. The zero-order valence-corrected chi connectivity index (χ0v) is 6.02. The van der Waals surface area contributed by atoms with Gasteiger partial charge in [0.2, 0.25) is 0 Å². The van der Waals surface area contributed by atoms with Gasteiger partial charge >= 0.3 is 5.97 Å². The van der Waals surface area contributed by atoms with Crippen LogP contribution in [0.1, 0.15) is 5.56 Å². The number of hydrogen-bond acceptors (Lipinski definition) is 3. The Kier molecular flexibility index (Phi) is 2.29. The Morgan fingerprint density at radius 2 is 2.50 bits per heavy atom. The fourth-order valence-electron chi connectivity index (χ4n) is 0.666. The molecule has 0 fully saturated rings. The fraction of sp³-hybridized carbons (Fsp3) is 0. The zero-order valence-electron chi connectivity index (χ0n) is 6.02. The molecule has 0 aliphatic heterocycles. The maximum Gasteiger partial charge on any atom is 0.346 e. The average molecular weight is 163 g/mol. The van der Waals surface area contributed by atoms with Crippen LogP contribution >= 0.6 is 0 Å². The largest absolute Gasteiger partial charge is 0.477 e. The van der Waals surface area contributed by atoms with Gasteiger partial charge in [-0.05, 0) is 12.1 Å². The van der Waals surface area contributed by atoms with E-state index in [-0.39, 0.29) is 5.57 Å². The van der Waals surface area contributed by atoms with Gasteiger partial charge in [0.15, 0.2) is 0 Å². The summed E-state index contributed by atoms with van der Waals surface area (Å²) in [5.74, 6) is -1.24. The molecule has 1 rings (SSSR count). The predicted octanol–water partition coefficient (Wildman–Crippen LogP) is 1.27. The number of furan rings is 1. The number of nitrogens with zero attached hydrogens (tertiary/aromatic N) is 1. The minimum absolute atomic E-state index is 0.309. The Balaban J connectivity index is 2.95. The van der Waals surface area contributed by atoms with Crippen molar-refractivity contribution in [1.82, 2.24) is 0 Å². The summed E-state index contributed by atoms with van der Waals surface area (Å²) in [6.07, 6.45) is 4.01. The van der Waals surface area contributed by atoms with Crippen molar-refractivity contribution in [2.75, 3.05) is 0 Å². The third-order valence-corrected chi connectivity index (χ3v) is 1.21. The molecule has 0 amide bonds. The molecule has 12 heavy (non-hydrogen) atoms. The first-order chi connectivity index (χ1) is 5.74. The van der Waals surface area contributed by atoms with Crippen molar-refractivity contribution < 1.29 is 14.3 Å². The third-order valence-electron chi connectivity index (χ3n) is 1.21. The van der Waals surface area contributed by atoms with E-state index in [1.54, 1.807) is 12.1 Å². The lowest BCUT2D eigenvalue weighted by molar-refractivity contribution is -0.132. The van der Waals surface area contributed by atoms with E-state index in [1.807, 2.05) is 0 Å². The number of carboxylic acids is 1. The zero-order chi connectivity index (χ0) is 8.97. The molecule has 1 N–H and O–H groups in total. The summed E-state index contributed by atoms with van der Waals surface area (Å²) in [5, 5.41) is 16.8. The molecule has 0 saturated heterocycles. The van der Waals surface area contributed by atoms with Crippen LogP contribution in [0.4, 0.5) is 0 Å². The number of aliphatic carboxylic acids is 1. The molecular weight excluding hydrogens is 158 g/mol. The van der Waals surface area contributed by atoms with E-state index in [1.165, 1.54) is 18.6 Å². The van der Waals surface area contributed by atoms with Gasteiger partial charge in [0.05, 0.1) is 12.5 Å². The van der Waals surface area contributed by atoms with Crippen LogP contribution in [-0.2, 0) is 4.79 Å². The number of hydrogen-bond donors (Lipinski definition) is 1. The molecule has 4 nitrogen and oxygen atoms in total. The van der Waals surface area contributed by atoms with E-state index in [2.05, 4.69) is 0 Å². The normalized spacial score (nSPS) is 10.8. The smallest absolute Gasteiger partial charge is 0.346 e. The molecule has 1 heterocycles. The van der Waals surface area contributed by atoms with Crippen molar-refractivity contribution in [1.29, 1.82) is 5.26 Å². The van der Waals surface area contributed by atoms with Crippen molar-refractivity contribution in [2.24, 2.45) is 0 Å². The van der Waals surface area contributed by atoms with Crippen molar-refractivity contribution in [3.8, 4) is 6.07 Å². The molecular formula is C8H5NO3. The molecule has 0 radical (unpaired) electrons. The molecule has 0 aliphatic rings. The van der Waals surface area contributed by atoms with Gasteiger partial charge in [-0.3, -0.25) is 0 Å². The second-order valence-electron chi connectivity index (χ2n) is 2.03. The van der Waals surface area contributed by atoms with Gasteiger partial charge in [0.25, 0.3) is 0 Å². The lowest BCUT2D eigenvalue weighted by Gasteiger charge is -1.86. The summed E-state index contributed by atoms with van der Waals surface area (Å²) in [5.41, 5.74) is 0.255. The van der Waals surface area contributed by atoms with Gasteiger partial charge in [-0.25, -0.2) is 4.79 Å². The summed E-state index contributed by atoms with van der Waals surface area (Å²) in [6, 6.07) is 3.13. The van der Waals surface area contributed by atoms with Crippen LogP contribution in [0.5, 0.6) is 0 Å². The van der Waals surface area contributed by atoms with Crippen LogP contribution in [0.3, 0.4) is 0 Å². The highest BCUT2D eigenvalue weighted by Crippen LogP contribution is 2.06. The molecule has 0 atom stereocenters. The summed E-state index contributed by atoms with van der Waals surface area (Å²) in [4.78, 5) is 10.3. The summed E-state index contributed by atoms with van der Waals surface area (Å²) < 4.78 is 4.69. The van der Waals surface area contributed by atoms with Crippen LogP contribution in [0.25, 0.3) is 6.08 Å². The SMILES string of the molecule is N#C/C(=C\c1ccoc1)C(=O)O. The lowest BCUT2D eigenvalue weighted by Crippen LogP contribution is -1.96. The van der Waals surface area contributed by atoms with E-state index in [0.29, 0.717) is 5.56 Å². The molecule has 0 saturated carbocycles. The Morgan fingerprint density at radius 3 is 2.92 bits per heavy atom. The Morgan fingerprint density at radius 1 is 1.75 bits per heavy atom. The van der Waals surface area contributed by atoms with Crippen LogP contribution < -0.4 is 0 Å². The Hall–Kier alpha value is -2.02. The monoisotopic (exact) mass is 163 g/mol. The average Bonchev–Trinajstić information content (AvgIpc) is 2.51. The first-order valence-electron chi connectivity index (χ1n) is 3.11. The number of carbonyl (C=O) groups is 1. The summed E-state index contributed by atoms with van der Waals surface area (Å²) >= 11 is 0. The quantitative estimate of drug-likeness (QED) is 0.526. The van der Waals surface area contributed by atoms with Crippen molar-refractivity contribution >= 4 is 12.0 Å². The first kappa shape index (κ1) is 8.08. The van der Waals surface area contributed by atoms with Crippen LogP contribution in [-0.4, -0.2) is 11.1 Å². The Labute approximate surface area is 68.3 Å². The number of nitriles is 1. The Bertz CT molecular complexity index is 343. The van der Waals surface area contributed by atoms with E-state index < -0.39 is 5.97 Å². The molecule has 0 aromatic carbocycles. The van der Waals surface area contributed by atoms with Crippen LogP contribution in [0, 0.1) is 11.3 Å². The van der Waals surface area contributed by atoms with Gasteiger partial charge in [-0.1, -0.05) is 0 Å². The topological polar surface area (TPSA) is 74.2 Å². The van der Waals surface area contributed by atoms with Crippen LogP contribution in [0.15, 0.2) is 28.6 Å². The van der Waals surface area contributed by atoms with Gasteiger partial charge in [0, 0.05) is 5.56 Å². The van der Waals surface area contributed by atoms with Crippen molar-refractivity contribution in [2.45, 2.75) is 0 Å². The van der Waals surface area contributed by atoms with Gasteiger partial charge in [0.1, 0.15) is 11.6 Å². The highest BCUT2D eigenvalue weighted by Gasteiger charge is 2.05. The molecule has 1 aromatic heterocycles. The molecule has 0 aliphatic carbocycles. The standard InChI is InChI=1S/C8H5NO3/c9-4-7(8(10)11)3-6-1-2-12-5-6/h1-3,5H,(H,10,11)/b7-3+. The van der Waals surface area contributed by atoms with E-state index in [4.69, 9.17) is 14.8 Å². The molecule has 4 heteroatoms. The first-order valence-corrected chi connectivity index (χ1v) is 3.11. The highest BCUT2D eigenvalue weighted by molar-refractivity contribution is 5.96. The lowest BCUT2D eigenvalue weighted by atomic mass is 10.2. The molecule has 60 valence electrons. The molecule has 0 bridgehead atoms. The van der Waals surface area contributed by atoms with E-state index in [0.717, 1.165) is 0 Å². The van der Waals surface area contributed by atoms with E-state index >= 15 is 0 Å². The van der Waals surface area contributed by atoms with Gasteiger partial charge in [-0.15, -0.1) is 0 Å².